The molecule has 0 amide bonds. The lowest BCUT2D eigenvalue weighted by Gasteiger charge is -2.22. The normalized spacial score (nSPS) is 17.8. The molecule has 2 aromatic rings. The molecule has 2 fully saturated rings. The molecule has 1 aliphatic carbocycles. The molecule has 180 valence electrons. The zero-order chi connectivity index (χ0) is 22.2. The van der Waals surface area contributed by atoms with E-state index in [1.807, 2.05) is 12.1 Å². The summed E-state index contributed by atoms with van der Waals surface area (Å²) in [5, 5.41) is 6.75. The molecule has 0 radical (unpaired) electrons. The van der Waals surface area contributed by atoms with Crippen LogP contribution in [0.1, 0.15) is 49.3 Å². The molecule has 0 unspecified atom stereocenters. The molecule has 5 nitrogen and oxygen atoms in total. The first-order chi connectivity index (χ1) is 15.7. The number of aliphatic imine (C=N–C) groups is 1. The van der Waals surface area contributed by atoms with E-state index in [2.05, 4.69) is 41.8 Å². The minimum atomic E-state index is -0.122. The summed E-state index contributed by atoms with van der Waals surface area (Å²) < 4.78 is 25.7. The van der Waals surface area contributed by atoms with Crippen LogP contribution in [0.3, 0.4) is 0 Å². The Labute approximate surface area is 213 Å². The monoisotopic (exact) mass is 567 g/mol. The van der Waals surface area contributed by atoms with Crippen molar-refractivity contribution in [1.29, 1.82) is 0 Å². The molecule has 2 aliphatic rings. The average Bonchev–Trinajstić information content (AvgIpc) is 3.62. The lowest BCUT2D eigenvalue weighted by Crippen LogP contribution is -2.41. The van der Waals surface area contributed by atoms with Gasteiger partial charge in [0.25, 0.3) is 0 Å². The molecule has 1 aliphatic heterocycles. The number of nitrogens with one attached hydrogen (secondary N) is 2. The van der Waals surface area contributed by atoms with Gasteiger partial charge in [0.1, 0.15) is 5.82 Å². The Kier molecular flexibility index (Phi) is 9.94. The zero-order valence-corrected chi connectivity index (χ0v) is 21.6. The van der Waals surface area contributed by atoms with Gasteiger partial charge < -0.3 is 20.1 Å². The summed E-state index contributed by atoms with van der Waals surface area (Å²) in [5.41, 5.74) is 2.99. The number of guanidine groups is 1. The minimum absolute atomic E-state index is 0. The van der Waals surface area contributed by atoms with Crippen molar-refractivity contribution < 1.29 is 13.9 Å². The third-order valence-electron chi connectivity index (χ3n) is 6.30. The summed E-state index contributed by atoms with van der Waals surface area (Å²) in [5.74, 6) is 0.646. The van der Waals surface area contributed by atoms with Gasteiger partial charge in [-0.2, -0.15) is 0 Å². The molecule has 1 saturated heterocycles. The van der Waals surface area contributed by atoms with E-state index in [0.717, 1.165) is 62.5 Å². The van der Waals surface area contributed by atoms with Crippen LogP contribution in [-0.2, 0) is 28.0 Å². The Morgan fingerprint density at radius 3 is 2.58 bits per heavy atom. The Hall–Kier alpha value is -1.71. The highest BCUT2D eigenvalue weighted by atomic mass is 127. The summed E-state index contributed by atoms with van der Waals surface area (Å²) in [6, 6.07) is 15.5. The lowest BCUT2D eigenvalue weighted by molar-refractivity contribution is -0.0390. The first-order valence-corrected chi connectivity index (χ1v) is 11.7. The predicted molar refractivity (Wildman–Crippen MR) is 141 cm³/mol. The largest absolute Gasteiger partial charge is 0.381 e. The van der Waals surface area contributed by atoms with Crippen molar-refractivity contribution in [2.45, 2.75) is 57.3 Å². The van der Waals surface area contributed by atoms with Gasteiger partial charge in [0, 0.05) is 31.7 Å². The second kappa shape index (κ2) is 12.7. The van der Waals surface area contributed by atoms with Gasteiger partial charge in [-0.1, -0.05) is 42.5 Å². The van der Waals surface area contributed by atoms with Gasteiger partial charge in [-0.25, -0.2) is 9.38 Å². The standard InChI is InChI=1S/C26H34FN3O2.HI/c1-2-28-25(30-19-26(12-13-26)23-8-3-4-9-24(23)27)29-17-20-6-5-7-21(16-20)18-32-22-10-14-31-15-11-22;/h3-9,16,22H,2,10-15,17-19H2,1H3,(H2,28,29,30);1H. The van der Waals surface area contributed by atoms with Crippen LogP contribution in [0.4, 0.5) is 4.39 Å². The SMILES string of the molecule is CCNC(=NCc1cccc(COC2CCOCC2)c1)NCC1(c2ccccc2F)CC1.I. The van der Waals surface area contributed by atoms with Gasteiger partial charge in [0.2, 0.25) is 0 Å². The van der Waals surface area contributed by atoms with Crippen molar-refractivity contribution in [3.63, 3.8) is 0 Å². The molecule has 1 heterocycles. The summed E-state index contributed by atoms with van der Waals surface area (Å²) in [6.07, 6.45) is 4.22. The summed E-state index contributed by atoms with van der Waals surface area (Å²) in [4.78, 5) is 4.77. The van der Waals surface area contributed by atoms with Crippen LogP contribution in [0.2, 0.25) is 0 Å². The van der Waals surface area contributed by atoms with Gasteiger partial charge in [0.15, 0.2) is 5.96 Å². The first-order valence-electron chi connectivity index (χ1n) is 11.7. The number of hydrogen-bond donors (Lipinski definition) is 2. The Morgan fingerprint density at radius 2 is 1.85 bits per heavy atom. The quantitative estimate of drug-likeness (QED) is 0.257. The van der Waals surface area contributed by atoms with Crippen LogP contribution >= 0.6 is 24.0 Å². The second-order valence-corrected chi connectivity index (χ2v) is 8.75. The van der Waals surface area contributed by atoms with Gasteiger partial charge >= 0.3 is 0 Å². The van der Waals surface area contributed by atoms with Crippen molar-refractivity contribution in [1.82, 2.24) is 10.6 Å². The maximum Gasteiger partial charge on any atom is 0.191 e. The van der Waals surface area contributed by atoms with Crippen molar-refractivity contribution in [3.8, 4) is 0 Å². The molecular formula is C26H35FIN3O2. The topological polar surface area (TPSA) is 54.9 Å². The minimum Gasteiger partial charge on any atom is -0.381 e. The third kappa shape index (κ3) is 7.39. The van der Waals surface area contributed by atoms with Crippen molar-refractivity contribution >= 4 is 29.9 Å². The van der Waals surface area contributed by atoms with Gasteiger partial charge in [-0.15, -0.1) is 24.0 Å². The number of halogens is 2. The summed E-state index contributed by atoms with van der Waals surface area (Å²) in [6.45, 7) is 6.28. The third-order valence-corrected chi connectivity index (χ3v) is 6.30. The molecule has 0 aromatic heterocycles. The van der Waals surface area contributed by atoms with Crippen LogP contribution < -0.4 is 10.6 Å². The molecule has 7 heteroatoms. The molecule has 33 heavy (non-hydrogen) atoms. The molecule has 0 spiro atoms. The van der Waals surface area contributed by atoms with Gasteiger partial charge in [-0.05, 0) is 55.4 Å². The van der Waals surface area contributed by atoms with Crippen molar-refractivity contribution in [2.24, 2.45) is 4.99 Å². The predicted octanol–water partition coefficient (Wildman–Crippen LogP) is 4.93. The summed E-state index contributed by atoms with van der Waals surface area (Å²) >= 11 is 0. The lowest BCUT2D eigenvalue weighted by atomic mass is 9.95. The highest BCUT2D eigenvalue weighted by Crippen LogP contribution is 2.48. The Morgan fingerprint density at radius 1 is 1.09 bits per heavy atom. The fourth-order valence-corrected chi connectivity index (χ4v) is 4.22. The van der Waals surface area contributed by atoms with E-state index >= 15 is 0 Å². The van der Waals surface area contributed by atoms with Crippen LogP contribution in [0.25, 0.3) is 0 Å². The Balaban J connectivity index is 0.00000306. The van der Waals surface area contributed by atoms with E-state index in [1.54, 1.807) is 12.1 Å². The van der Waals surface area contributed by atoms with Gasteiger partial charge in [0.05, 0.1) is 19.3 Å². The van der Waals surface area contributed by atoms with Crippen LogP contribution in [-0.4, -0.2) is 38.4 Å². The molecule has 0 bridgehead atoms. The van der Waals surface area contributed by atoms with Crippen molar-refractivity contribution in [3.05, 3.63) is 71.0 Å². The molecule has 4 rings (SSSR count). The molecule has 2 aromatic carbocycles. The zero-order valence-electron chi connectivity index (χ0n) is 19.3. The number of rotatable bonds is 9. The molecule has 1 saturated carbocycles. The number of benzene rings is 2. The Bertz CT molecular complexity index is 914. The number of ether oxygens (including phenoxy) is 2. The molecule has 2 N–H and O–H groups in total. The van der Waals surface area contributed by atoms with E-state index in [9.17, 15) is 4.39 Å². The van der Waals surface area contributed by atoms with Gasteiger partial charge in [-0.3, -0.25) is 0 Å². The van der Waals surface area contributed by atoms with E-state index in [-0.39, 0.29) is 35.2 Å². The number of hydrogen-bond acceptors (Lipinski definition) is 3. The highest BCUT2D eigenvalue weighted by molar-refractivity contribution is 14.0. The van der Waals surface area contributed by atoms with Crippen LogP contribution in [0, 0.1) is 5.82 Å². The summed E-state index contributed by atoms with van der Waals surface area (Å²) in [7, 11) is 0. The maximum atomic E-state index is 14.3. The molecular weight excluding hydrogens is 532 g/mol. The van der Waals surface area contributed by atoms with Crippen LogP contribution in [0.15, 0.2) is 53.5 Å². The number of nitrogens with zero attached hydrogens (tertiary/aromatic N) is 1. The van der Waals surface area contributed by atoms with Crippen molar-refractivity contribution in [2.75, 3.05) is 26.3 Å². The highest BCUT2D eigenvalue weighted by Gasteiger charge is 2.45. The second-order valence-electron chi connectivity index (χ2n) is 8.75. The van der Waals surface area contributed by atoms with E-state index in [1.165, 1.54) is 5.56 Å². The van der Waals surface area contributed by atoms with E-state index in [4.69, 9.17) is 14.5 Å². The average molecular weight is 567 g/mol. The fourth-order valence-electron chi connectivity index (χ4n) is 4.22. The van der Waals surface area contributed by atoms with E-state index < -0.39 is 0 Å². The van der Waals surface area contributed by atoms with Crippen LogP contribution in [0.5, 0.6) is 0 Å². The molecule has 0 atom stereocenters. The maximum absolute atomic E-state index is 14.3. The first kappa shape index (κ1) is 25.9. The van der Waals surface area contributed by atoms with E-state index in [0.29, 0.717) is 25.8 Å². The fraction of sp³-hybridized carbons (Fsp3) is 0.500. The smallest absolute Gasteiger partial charge is 0.191 e.